The topological polar surface area (TPSA) is 50.7 Å². The van der Waals surface area contributed by atoms with E-state index in [2.05, 4.69) is 30.1 Å². The summed E-state index contributed by atoms with van der Waals surface area (Å²) in [4.78, 5) is 11.8. The number of nitrogens with one attached hydrogen (secondary N) is 1. The van der Waals surface area contributed by atoms with Gasteiger partial charge in [-0.1, -0.05) is 29.9 Å². The van der Waals surface area contributed by atoms with E-state index in [0.717, 1.165) is 25.0 Å². The van der Waals surface area contributed by atoms with Crippen LogP contribution in [-0.4, -0.2) is 18.8 Å². The summed E-state index contributed by atoms with van der Waals surface area (Å²) in [7, 11) is 1.39. The lowest BCUT2D eigenvalue weighted by molar-refractivity contribution is 0.0602. The monoisotopic (exact) mass is 338 g/mol. The summed E-state index contributed by atoms with van der Waals surface area (Å²) in [5.74, 6) is 0.953. The molecular formula is C21H26N2O2. The molecule has 25 heavy (non-hydrogen) atoms. The molecule has 4 nitrogen and oxygen atoms in total. The first-order valence-electron chi connectivity index (χ1n) is 8.94. The molecule has 0 radical (unpaired) electrons. The van der Waals surface area contributed by atoms with E-state index in [1.54, 1.807) is 6.07 Å². The standard InChI is InChI=1S/C21H26N2O2/c1-14(2)16-9-8-15-10-11-18(13-17(15)12-16)22-23-20-7-5-4-6-19(20)21(24)25-3/h4-7,13,15-16,23H,1,8-12H2,2-3H3/b22-18+. The molecule has 0 bridgehead atoms. The Labute approximate surface area is 149 Å². The number of hydrogen-bond acceptors (Lipinski definition) is 4. The van der Waals surface area contributed by atoms with Gasteiger partial charge in [0.2, 0.25) is 0 Å². The van der Waals surface area contributed by atoms with E-state index in [9.17, 15) is 4.79 Å². The van der Waals surface area contributed by atoms with Gasteiger partial charge in [-0.2, -0.15) is 5.10 Å². The number of benzene rings is 1. The average molecular weight is 338 g/mol. The van der Waals surface area contributed by atoms with Gasteiger partial charge in [0.1, 0.15) is 0 Å². The summed E-state index contributed by atoms with van der Waals surface area (Å²) >= 11 is 0. The van der Waals surface area contributed by atoms with E-state index in [-0.39, 0.29) is 5.97 Å². The van der Waals surface area contributed by atoms with Crippen molar-refractivity contribution in [2.24, 2.45) is 16.9 Å². The first-order chi connectivity index (χ1) is 12.1. The lowest BCUT2D eigenvalue weighted by Crippen LogP contribution is -2.23. The Kier molecular flexibility index (Phi) is 5.37. The summed E-state index contributed by atoms with van der Waals surface area (Å²) in [5, 5.41) is 4.55. The van der Waals surface area contributed by atoms with Crippen molar-refractivity contribution in [3.63, 3.8) is 0 Å². The molecule has 2 atom stereocenters. The molecule has 0 aliphatic heterocycles. The second-order valence-electron chi connectivity index (χ2n) is 7.03. The normalized spacial score (nSPS) is 24.2. The first kappa shape index (κ1) is 17.5. The highest BCUT2D eigenvalue weighted by atomic mass is 16.5. The minimum Gasteiger partial charge on any atom is -0.465 e. The predicted molar refractivity (Wildman–Crippen MR) is 102 cm³/mol. The lowest BCUT2D eigenvalue weighted by atomic mass is 9.71. The number of hydrazone groups is 1. The van der Waals surface area contributed by atoms with Crippen LogP contribution in [0, 0.1) is 11.8 Å². The zero-order valence-electron chi connectivity index (χ0n) is 15.0. The van der Waals surface area contributed by atoms with Gasteiger partial charge in [-0.15, -0.1) is 0 Å². The van der Waals surface area contributed by atoms with Crippen molar-refractivity contribution in [2.45, 2.75) is 39.0 Å². The van der Waals surface area contributed by atoms with E-state index in [1.165, 1.54) is 31.1 Å². The van der Waals surface area contributed by atoms with E-state index in [0.29, 0.717) is 23.1 Å². The minimum atomic E-state index is -0.359. The molecule has 0 saturated heterocycles. The Morgan fingerprint density at radius 3 is 2.84 bits per heavy atom. The number of para-hydroxylation sites is 1. The Morgan fingerprint density at radius 1 is 1.28 bits per heavy atom. The third-order valence-electron chi connectivity index (χ3n) is 5.32. The van der Waals surface area contributed by atoms with Crippen LogP contribution >= 0.6 is 0 Å². The van der Waals surface area contributed by atoms with Crippen LogP contribution in [0.15, 0.2) is 53.2 Å². The Bertz CT molecular complexity index is 733. The number of carbonyl (C=O) groups excluding carboxylic acids is 1. The number of anilines is 1. The van der Waals surface area contributed by atoms with Gasteiger partial charge in [-0.05, 0) is 69.1 Å². The van der Waals surface area contributed by atoms with Crippen LogP contribution in [0.2, 0.25) is 0 Å². The van der Waals surface area contributed by atoms with Crippen LogP contribution in [-0.2, 0) is 4.74 Å². The molecule has 0 amide bonds. The maximum absolute atomic E-state index is 11.8. The highest BCUT2D eigenvalue weighted by molar-refractivity contribution is 5.98. The SMILES string of the molecule is C=C(C)C1CCC2CC/C(=N\Nc3ccccc3C(=O)OC)C=C2C1. The van der Waals surface area contributed by atoms with Gasteiger partial charge in [-0.3, -0.25) is 5.43 Å². The fraction of sp³-hybridized carbons (Fsp3) is 0.429. The van der Waals surface area contributed by atoms with Crippen LogP contribution in [0.25, 0.3) is 0 Å². The molecule has 2 aliphatic carbocycles. The van der Waals surface area contributed by atoms with E-state index in [4.69, 9.17) is 4.74 Å². The van der Waals surface area contributed by atoms with Crippen LogP contribution in [0.4, 0.5) is 5.69 Å². The predicted octanol–water partition coefficient (Wildman–Crippen LogP) is 4.95. The first-order valence-corrected chi connectivity index (χ1v) is 8.94. The average Bonchev–Trinajstić information content (AvgIpc) is 2.65. The third-order valence-corrected chi connectivity index (χ3v) is 5.32. The number of nitrogens with zero attached hydrogens (tertiary/aromatic N) is 1. The molecule has 0 heterocycles. The van der Waals surface area contributed by atoms with Crippen molar-refractivity contribution in [3.8, 4) is 0 Å². The van der Waals surface area contributed by atoms with Crippen molar-refractivity contribution < 1.29 is 9.53 Å². The Hall–Kier alpha value is -2.36. The molecule has 132 valence electrons. The molecule has 3 rings (SSSR count). The number of fused-ring (bicyclic) bond motifs is 1. The fourth-order valence-electron chi connectivity index (χ4n) is 3.77. The molecule has 1 N–H and O–H groups in total. The number of methoxy groups -OCH3 is 1. The van der Waals surface area contributed by atoms with Crippen molar-refractivity contribution in [2.75, 3.05) is 12.5 Å². The molecule has 1 fully saturated rings. The Morgan fingerprint density at radius 2 is 2.08 bits per heavy atom. The largest absolute Gasteiger partial charge is 0.465 e. The van der Waals surface area contributed by atoms with E-state index < -0.39 is 0 Å². The summed E-state index contributed by atoms with van der Waals surface area (Å²) in [6.45, 7) is 6.27. The van der Waals surface area contributed by atoms with Crippen LogP contribution < -0.4 is 5.43 Å². The van der Waals surface area contributed by atoms with Gasteiger partial charge in [-0.25, -0.2) is 4.79 Å². The number of ether oxygens (including phenoxy) is 1. The molecule has 2 unspecified atom stereocenters. The van der Waals surface area contributed by atoms with Crippen molar-refractivity contribution in [1.82, 2.24) is 0 Å². The summed E-state index contributed by atoms with van der Waals surface area (Å²) in [6.07, 6.45) is 8.01. The van der Waals surface area contributed by atoms with Crippen molar-refractivity contribution in [3.05, 3.63) is 53.6 Å². The quantitative estimate of drug-likeness (QED) is 0.480. The van der Waals surface area contributed by atoms with Crippen LogP contribution in [0.3, 0.4) is 0 Å². The Balaban J connectivity index is 1.76. The van der Waals surface area contributed by atoms with Gasteiger partial charge in [0.05, 0.1) is 24.1 Å². The summed E-state index contributed by atoms with van der Waals surface area (Å²) in [5.41, 5.74) is 8.06. The van der Waals surface area contributed by atoms with E-state index in [1.807, 2.05) is 18.2 Å². The van der Waals surface area contributed by atoms with E-state index >= 15 is 0 Å². The highest BCUT2D eigenvalue weighted by Gasteiger charge is 2.28. The summed E-state index contributed by atoms with van der Waals surface area (Å²) < 4.78 is 4.83. The molecule has 1 aromatic carbocycles. The van der Waals surface area contributed by atoms with Gasteiger partial charge >= 0.3 is 5.97 Å². The lowest BCUT2D eigenvalue weighted by Gasteiger charge is -2.34. The zero-order chi connectivity index (χ0) is 17.8. The molecule has 1 aromatic rings. The van der Waals surface area contributed by atoms with Gasteiger partial charge in [0.25, 0.3) is 0 Å². The smallest absolute Gasteiger partial charge is 0.340 e. The zero-order valence-corrected chi connectivity index (χ0v) is 15.0. The molecule has 4 heteroatoms. The maximum Gasteiger partial charge on any atom is 0.340 e. The minimum absolute atomic E-state index is 0.359. The van der Waals surface area contributed by atoms with Crippen LogP contribution in [0.5, 0.6) is 0 Å². The number of allylic oxidation sites excluding steroid dienone is 3. The molecule has 2 aliphatic rings. The highest BCUT2D eigenvalue weighted by Crippen LogP contribution is 2.40. The second-order valence-corrected chi connectivity index (χ2v) is 7.03. The number of carbonyl (C=O) groups is 1. The fourth-order valence-corrected chi connectivity index (χ4v) is 3.77. The van der Waals surface area contributed by atoms with Crippen molar-refractivity contribution in [1.29, 1.82) is 0 Å². The number of hydrogen-bond donors (Lipinski definition) is 1. The van der Waals surface area contributed by atoms with Crippen molar-refractivity contribution >= 4 is 17.4 Å². The van der Waals surface area contributed by atoms with Gasteiger partial charge < -0.3 is 4.74 Å². The van der Waals surface area contributed by atoms with Crippen LogP contribution in [0.1, 0.15) is 49.4 Å². The summed E-state index contributed by atoms with van der Waals surface area (Å²) in [6, 6.07) is 7.27. The molecule has 1 saturated carbocycles. The second kappa shape index (κ2) is 7.68. The maximum atomic E-state index is 11.8. The molecular weight excluding hydrogens is 312 g/mol. The molecule has 0 spiro atoms. The number of esters is 1. The number of rotatable bonds is 4. The van der Waals surface area contributed by atoms with Gasteiger partial charge in [0, 0.05) is 0 Å². The molecule has 0 aromatic heterocycles. The van der Waals surface area contributed by atoms with Gasteiger partial charge in [0.15, 0.2) is 0 Å². The third kappa shape index (κ3) is 4.01.